The van der Waals surface area contributed by atoms with Gasteiger partial charge in [0.25, 0.3) is 0 Å². The Morgan fingerprint density at radius 1 is 1.83 bits per heavy atom. The largest absolute Gasteiger partial charge is 0.480 e. The van der Waals surface area contributed by atoms with E-state index >= 15 is 0 Å². The number of carboxylic acids is 1. The molecule has 0 radical (unpaired) electrons. The predicted molar refractivity (Wildman–Crippen MR) is 41.2 cm³/mol. The summed E-state index contributed by atoms with van der Waals surface area (Å²) in [5.74, 6) is 1.16. The van der Waals surface area contributed by atoms with E-state index in [9.17, 15) is 9.59 Å². The fourth-order valence-corrected chi connectivity index (χ4v) is 1.20. The smallest absolute Gasteiger partial charge is 0.323 e. The normalized spacial score (nSPS) is 22.4. The minimum Gasteiger partial charge on any atom is -0.480 e. The highest BCUT2D eigenvalue weighted by Gasteiger charge is 2.29. The Bertz CT molecular complexity index is 254. The second-order valence-electron chi connectivity index (χ2n) is 2.74. The molecule has 0 bridgehead atoms. The number of carbonyl (C=O) groups is 2. The summed E-state index contributed by atoms with van der Waals surface area (Å²) in [6, 6.07) is 0. The molecule has 0 aromatic rings. The Hall–Kier alpha value is -1.50. The highest BCUT2D eigenvalue weighted by molar-refractivity contribution is 5.83. The van der Waals surface area contributed by atoms with Gasteiger partial charge in [-0.05, 0) is 0 Å². The van der Waals surface area contributed by atoms with Crippen LogP contribution in [0.25, 0.3) is 0 Å². The van der Waals surface area contributed by atoms with Crippen LogP contribution in [-0.2, 0) is 9.59 Å². The molecule has 1 N–H and O–H groups in total. The molecule has 1 amide bonds. The van der Waals surface area contributed by atoms with Gasteiger partial charge in [0, 0.05) is 18.9 Å². The molecule has 12 heavy (non-hydrogen) atoms. The van der Waals surface area contributed by atoms with Crippen molar-refractivity contribution >= 4 is 11.9 Å². The first kappa shape index (κ1) is 8.60. The van der Waals surface area contributed by atoms with Gasteiger partial charge >= 0.3 is 5.97 Å². The Kier molecular flexibility index (Phi) is 2.34. The lowest BCUT2D eigenvalue weighted by Crippen LogP contribution is -2.30. The van der Waals surface area contributed by atoms with Crippen LogP contribution in [0.3, 0.4) is 0 Å². The van der Waals surface area contributed by atoms with Crippen molar-refractivity contribution < 1.29 is 14.7 Å². The number of aliphatic carboxylic acids is 1. The summed E-state index contributed by atoms with van der Waals surface area (Å²) in [7, 11) is 0. The fraction of sp³-hybridized carbons (Fsp3) is 0.500. The lowest BCUT2D eigenvalue weighted by atomic mass is 10.1. The maximum atomic E-state index is 11.0. The number of amides is 1. The molecule has 1 unspecified atom stereocenters. The van der Waals surface area contributed by atoms with E-state index < -0.39 is 5.97 Å². The zero-order valence-electron chi connectivity index (χ0n) is 6.49. The van der Waals surface area contributed by atoms with E-state index in [4.69, 9.17) is 11.5 Å². The molecule has 1 aliphatic heterocycles. The van der Waals surface area contributed by atoms with Gasteiger partial charge in [-0.3, -0.25) is 9.59 Å². The van der Waals surface area contributed by atoms with Gasteiger partial charge < -0.3 is 10.0 Å². The summed E-state index contributed by atoms with van der Waals surface area (Å²) in [6.07, 6.45) is 5.39. The van der Waals surface area contributed by atoms with Crippen LogP contribution in [0.1, 0.15) is 6.42 Å². The molecule has 0 aliphatic carbocycles. The molecule has 0 aromatic heterocycles. The van der Waals surface area contributed by atoms with E-state index in [1.807, 2.05) is 0 Å². The first-order valence-corrected chi connectivity index (χ1v) is 3.59. The van der Waals surface area contributed by atoms with Crippen molar-refractivity contribution in [1.82, 2.24) is 4.90 Å². The van der Waals surface area contributed by atoms with E-state index in [1.54, 1.807) is 0 Å². The summed E-state index contributed by atoms with van der Waals surface area (Å²) in [5.41, 5.74) is 0. The van der Waals surface area contributed by atoms with Crippen molar-refractivity contribution in [2.75, 3.05) is 13.1 Å². The van der Waals surface area contributed by atoms with Crippen LogP contribution in [0.15, 0.2) is 0 Å². The Balaban J connectivity index is 2.53. The van der Waals surface area contributed by atoms with Crippen LogP contribution in [-0.4, -0.2) is 35.0 Å². The van der Waals surface area contributed by atoms with Gasteiger partial charge in [-0.15, -0.1) is 12.3 Å². The third-order valence-corrected chi connectivity index (χ3v) is 1.78. The van der Waals surface area contributed by atoms with Crippen LogP contribution in [0.2, 0.25) is 0 Å². The molecule has 0 saturated carbocycles. The summed E-state index contributed by atoms with van der Waals surface area (Å²) in [4.78, 5) is 22.6. The summed E-state index contributed by atoms with van der Waals surface area (Å²) < 4.78 is 0. The third-order valence-electron chi connectivity index (χ3n) is 1.78. The number of hydrogen-bond donors (Lipinski definition) is 1. The van der Waals surface area contributed by atoms with E-state index in [0.29, 0.717) is 6.54 Å². The standard InChI is InChI=1S/C8H9NO3/c1-2-6-3-7(10)9(4-6)5-8(11)12/h1,6H,3-5H2,(H,11,12). The topological polar surface area (TPSA) is 57.6 Å². The van der Waals surface area contributed by atoms with Gasteiger partial charge in [0.1, 0.15) is 6.54 Å². The number of carboxylic acid groups (broad SMARTS) is 1. The molecule has 64 valence electrons. The van der Waals surface area contributed by atoms with Crippen molar-refractivity contribution in [3.63, 3.8) is 0 Å². The molecule has 0 aromatic carbocycles. The van der Waals surface area contributed by atoms with E-state index in [-0.39, 0.29) is 24.8 Å². The van der Waals surface area contributed by atoms with Crippen molar-refractivity contribution in [2.45, 2.75) is 6.42 Å². The Morgan fingerprint density at radius 2 is 2.50 bits per heavy atom. The summed E-state index contributed by atoms with van der Waals surface area (Å²) >= 11 is 0. The quantitative estimate of drug-likeness (QED) is 0.567. The van der Waals surface area contributed by atoms with Crippen LogP contribution < -0.4 is 0 Å². The Labute approximate surface area is 70.2 Å². The number of nitrogens with zero attached hydrogens (tertiary/aromatic N) is 1. The molecule has 1 heterocycles. The average molecular weight is 167 g/mol. The van der Waals surface area contributed by atoms with Gasteiger partial charge in [0.2, 0.25) is 5.91 Å². The molecule has 1 fully saturated rings. The summed E-state index contributed by atoms with van der Waals surface area (Å²) in [6.45, 7) is 0.138. The second kappa shape index (κ2) is 3.26. The van der Waals surface area contributed by atoms with Gasteiger partial charge in [-0.2, -0.15) is 0 Å². The molecule has 1 rings (SSSR count). The van der Waals surface area contributed by atoms with E-state index in [0.717, 1.165) is 0 Å². The van der Waals surface area contributed by atoms with Gasteiger partial charge in [-0.25, -0.2) is 0 Å². The molecular weight excluding hydrogens is 158 g/mol. The molecule has 1 saturated heterocycles. The van der Waals surface area contributed by atoms with Crippen molar-refractivity contribution in [2.24, 2.45) is 5.92 Å². The summed E-state index contributed by atoms with van der Waals surface area (Å²) in [5, 5.41) is 8.41. The second-order valence-corrected chi connectivity index (χ2v) is 2.74. The first-order valence-electron chi connectivity index (χ1n) is 3.59. The zero-order valence-corrected chi connectivity index (χ0v) is 6.49. The maximum Gasteiger partial charge on any atom is 0.323 e. The highest BCUT2D eigenvalue weighted by Crippen LogP contribution is 2.15. The lowest BCUT2D eigenvalue weighted by Gasteiger charge is -2.11. The molecule has 4 nitrogen and oxygen atoms in total. The van der Waals surface area contributed by atoms with E-state index in [2.05, 4.69) is 5.92 Å². The number of hydrogen-bond acceptors (Lipinski definition) is 2. The molecular formula is C8H9NO3. The zero-order chi connectivity index (χ0) is 9.14. The van der Waals surface area contributed by atoms with Crippen molar-refractivity contribution in [3.05, 3.63) is 0 Å². The number of terminal acetylenes is 1. The van der Waals surface area contributed by atoms with Crippen molar-refractivity contribution in [3.8, 4) is 12.3 Å². The van der Waals surface area contributed by atoms with Crippen LogP contribution in [0.5, 0.6) is 0 Å². The van der Waals surface area contributed by atoms with Crippen LogP contribution in [0, 0.1) is 18.3 Å². The highest BCUT2D eigenvalue weighted by atomic mass is 16.4. The minimum absolute atomic E-state index is 0.114. The number of rotatable bonds is 2. The average Bonchev–Trinajstić information content (AvgIpc) is 2.31. The molecule has 0 spiro atoms. The van der Waals surface area contributed by atoms with Crippen molar-refractivity contribution in [1.29, 1.82) is 0 Å². The Morgan fingerprint density at radius 3 is 2.92 bits per heavy atom. The predicted octanol–water partition coefficient (Wildman–Crippen LogP) is -0.447. The van der Waals surface area contributed by atoms with E-state index in [1.165, 1.54) is 4.90 Å². The monoisotopic (exact) mass is 167 g/mol. The molecule has 1 aliphatic rings. The third kappa shape index (κ3) is 1.76. The first-order chi connectivity index (χ1) is 5.63. The molecule has 1 atom stereocenters. The van der Waals surface area contributed by atoms with Gasteiger partial charge in [0.05, 0.1) is 0 Å². The van der Waals surface area contributed by atoms with Crippen LogP contribution in [0.4, 0.5) is 0 Å². The number of carbonyl (C=O) groups excluding carboxylic acids is 1. The minimum atomic E-state index is -0.999. The van der Waals surface area contributed by atoms with Gasteiger partial charge in [-0.1, -0.05) is 0 Å². The molecule has 4 heteroatoms. The number of likely N-dealkylation sites (tertiary alicyclic amines) is 1. The lowest BCUT2D eigenvalue weighted by molar-refractivity contribution is -0.142. The van der Waals surface area contributed by atoms with Crippen LogP contribution >= 0.6 is 0 Å². The SMILES string of the molecule is C#CC1CC(=O)N(CC(=O)O)C1. The van der Waals surface area contributed by atoms with Gasteiger partial charge in [0.15, 0.2) is 0 Å². The fourth-order valence-electron chi connectivity index (χ4n) is 1.20. The maximum absolute atomic E-state index is 11.0.